The fourth-order valence-electron chi connectivity index (χ4n) is 1.31. The van der Waals surface area contributed by atoms with E-state index in [1.165, 1.54) is 6.07 Å². The van der Waals surface area contributed by atoms with Crippen LogP contribution < -0.4 is 0 Å². The smallest absolute Gasteiger partial charge is 0.178 e. The van der Waals surface area contributed by atoms with Gasteiger partial charge in [-0.25, -0.2) is 0 Å². The molecule has 15 heavy (non-hydrogen) atoms. The molecule has 3 nitrogen and oxygen atoms in total. The van der Waals surface area contributed by atoms with E-state index in [-0.39, 0.29) is 28.4 Å². The molecule has 0 atom stereocenters. The van der Waals surface area contributed by atoms with Gasteiger partial charge in [0, 0.05) is 11.1 Å². The molecule has 4 heteroatoms. The van der Waals surface area contributed by atoms with Crippen LogP contribution in [0.5, 0.6) is 0 Å². The van der Waals surface area contributed by atoms with Crippen LogP contribution >= 0.6 is 11.6 Å². The van der Waals surface area contributed by atoms with Gasteiger partial charge in [0.1, 0.15) is 6.07 Å². The number of hydrogen-bond donors (Lipinski definition) is 0. The van der Waals surface area contributed by atoms with Crippen molar-refractivity contribution in [3.63, 3.8) is 0 Å². The van der Waals surface area contributed by atoms with E-state index in [9.17, 15) is 9.59 Å². The molecule has 0 fully saturated rings. The first kappa shape index (κ1) is 11.4. The van der Waals surface area contributed by atoms with Crippen molar-refractivity contribution >= 4 is 23.7 Å². The Morgan fingerprint density at radius 2 is 2.27 bits per heavy atom. The number of aldehydes is 1. The first-order valence-corrected chi connectivity index (χ1v) is 4.77. The molecule has 0 aliphatic heterocycles. The number of rotatable bonds is 3. The number of carbonyl (C=O) groups is 2. The predicted octanol–water partition coefficient (Wildman–Crippen LogP) is 2.10. The van der Waals surface area contributed by atoms with Crippen molar-refractivity contribution in [2.75, 3.05) is 5.88 Å². The predicted molar refractivity (Wildman–Crippen MR) is 56.3 cm³/mol. The van der Waals surface area contributed by atoms with Gasteiger partial charge in [-0.05, 0) is 12.5 Å². The second kappa shape index (κ2) is 4.72. The molecule has 0 saturated carbocycles. The highest BCUT2D eigenvalue weighted by molar-refractivity contribution is 6.31. The molecule has 0 aromatic heterocycles. The van der Waals surface area contributed by atoms with Crippen molar-refractivity contribution in [2.24, 2.45) is 0 Å². The summed E-state index contributed by atoms with van der Waals surface area (Å²) in [6.45, 7) is 1.71. The zero-order valence-electron chi connectivity index (χ0n) is 8.08. The highest BCUT2D eigenvalue weighted by Gasteiger charge is 2.15. The Bertz CT molecular complexity index is 460. The van der Waals surface area contributed by atoms with E-state index >= 15 is 0 Å². The third-order valence-corrected chi connectivity index (χ3v) is 2.35. The van der Waals surface area contributed by atoms with Crippen molar-refractivity contribution < 1.29 is 9.59 Å². The molecule has 1 rings (SSSR count). The lowest BCUT2D eigenvalue weighted by atomic mass is 9.96. The second-order valence-electron chi connectivity index (χ2n) is 3.01. The molecule has 0 spiro atoms. The third kappa shape index (κ3) is 2.05. The van der Waals surface area contributed by atoms with Crippen molar-refractivity contribution in [1.82, 2.24) is 0 Å². The highest BCUT2D eigenvalue weighted by atomic mass is 35.5. The minimum absolute atomic E-state index is 0.128. The Labute approximate surface area is 92.3 Å². The Morgan fingerprint density at radius 1 is 1.60 bits per heavy atom. The lowest BCUT2D eigenvalue weighted by Gasteiger charge is -2.05. The molecule has 1 aromatic carbocycles. The SMILES string of the molecule is Cc1ccc(C(=O)CCl)c(C=O)c1C#N. The van der Waals surface area contributed by atoms with E-state index in [0.29, 0.717) is 11.8 Å². The van der Waals surface area contributed by atoms with E-state index < -0.39 is 0 Å². The summed E-state index contributed by atoms with van der Waals surface area (Å²) in [5.74, 6) is -0.551. The lowest BCUT2D eigenvalue weighted by Crippen LogP contribution is -2.07. The maximum Gasteiger partial charge on any atom is 0.178 e. The molecule has 0 saturated heterocycles. The summed E-state index contributed by atoms with van der Waals surface area (Å²) in [7, 11) is 0. The van der Waals surface area contributed by atoms with Crippen molar-refractivity contribution in [3.05, 3.63) is 34.4 Å². The van der Waals surface area contributed by atoms with E-state index in [2.05, 4.69) is 0 Å². The van der Waals surface area contributed by atoms with Crippen LogP contribution in [0.1, 0.15) is 31.8 Å². The zero-order valence-corrected chi connectivity index (χ0v) is 8.84. The molecule has 0 N–H and O–H groups in total. The number of hydrogen-bond acceptors (Lipinski definition) is 3. The monoisotopic (exact) mass is 221 g/mol. The number of Topliss-reactive ketones (excluding diaryl/α,β-unsaturated/α-hetero) is 1. The lowest BCUT2D eigenvalue weighted by molar-refractivity contribution is 0.101. The van der Waals surface area contributed by atoms with Crippen LogP contribution in [0.2, 0.25) is 0 Å². The summed E-state index contributed by atoms with van der Waals surface area (Å²) in [4.78, 5) is 22.2. The van der Waals surface area contributed by atoms with Gasteiger partial charge in [-0.15, -0.1) is 11.6 Å². The molecule has 0 radical (unpaired) electrons. The summed E-state index contributed by atoms with van der Waals surface area (Å²) in [5, 5.41) is 8.86. The summed E-state index contributed by atoms with van der Waals surface area (Å²) in [5.41, 5.74) is 1.25. The summed E-state index contributed by atoms with van der Waals surface area (Å²) in [6.07, 6.45) is 0.519. The number of nitrogens with zero attached hydrogens (tertiary/aromatic N) is 1. The Morgan fingerprint density at radius 3 is 2.73 bits per heavy atom. The Kier molecular flexibility index (Phi) is 3.59. The van der Waals surface area contributed by atoms with E-state index in [0.717, 1.165) is 0 Å². The van der Waals surface area contributed by atoms with Gasteiger partial charge < -0.3 is 0 Å². The molecule has 0 aliphatic carbocycles. The molecule has 0 amide bonds. The average molecular weight is 222 g/mol. The number of alkyl halides is 1. The number of halogens is 1. The van der Waals surface area contributed by atoms with Crippen molar-refractivity contribution in [3.8, 4) is 6.07 Å². The minimum atomic E-state index is -0.352. The fraction of sp³-hybridized carbons (Fsp3) is 0.182. The molecule has 0 bridgehead atoms. The van der Waals surface area contributed by atoms with Crippen LogP contribution in [0.15, 0.2) is 12.1 Å². The van der Waals surface area contributed by atoms with E-state index in [1.807, 2.05) is 6.07 Å². The van der Waals surface area contributed by atoms with Gasteiger partial charge in [0.2, 0.25) is 0 Å². The molecular formula is C11H8ClNO2. The first-order chi connectivity index (χ1) is 7.15. The summed E-state index contributed by atoms with van der Waals surface area (Å²) in [6, 6.07) is 5.06. The number of aryl methyl sites for hydroxylation is 1. The maximum atomic E-state index is 11.4. The fourth-order valence-corrected chi connectivity index (χ4v) is 1.46. The van der Waals surface area contributed by atoms with Crippen LogP contribution in [-0.4, -0.2) is 17.9 Å². The number of ketones is 1. The van der Waals surface area contributed by atoms with Gasteiger partial charge in [-0.1, -0.05) is 12.1 Å². The van der Waals surface area contributed by atoms with Gasteiger partial charge >= 0.3 is 0 Å². The molecule has 0 heterocycles. The van der Waals surface area contributed by atoms with Crippen molar-refractivity contribution in [2.45, 2.75) is 6.92 Å². The van der Waals surface area contributed by atoms with Gasteiger partial charge in [-0.3, -0.25) is 9.59 Å². The summed E-state index contributed by atoms with van der Waals surface area (Å²) < 4.78 is 0. The number of carbonyl (C=O) groups excluding carboxylic acids is 2. The van der Waals surface area contributed by atoms with Gasteiger partial charge in [0.25, 0.3) is 0 Å². The molecule has 0 aliphatic rings. The third-order valence-electron chi connectivity index (χ3n) is 2.11. The minimum Gasteiger partial charge on any atom is -0.298 e. The topological polar surface area (TPSA) is 57.9 Å². The number of nitriles is 1. The van der Waals surface area contributed by atoms with Crippen LogP contribution in [-0.2, 0) is 0 Å². The van der Waals surface area contributed by atoms with Gasteiger partial charge in [-0.2, -0.15) is 5.26 Å². The van der Waals surface area contributed by atoms with E-state index in [4.69, 9.17) is 16.9 Å². The maximum absolute atomic E-state index is 11.4. The average Bonchev–Trinajstić information content (AvgIpc) is 2.27. The molecule has 0 unspecified atom stereocenters. The molecule has 1 aromatic rings. The highest BCUT2D eigenvalue weighted by Crippen LogP contribution is 2.17. The first-order valence-electron chi connectivity index (χ1n) is 4.23. The van der Waals surface area contributed by atoms with Crippen LogP contribution in [0, 0.1) is 18.3 Å². The van der Waals surface area contributed by atoms with Crippen LogP contribution in [0.25, 0.3) is 0 Å². The van der Waals surface area contributed by atoms with Gasteiger partial charge in [0.05, 0.1) is 11.4 Å². The Balaban J connectivity index is 3.50. The standard InChI is InChI=1S/C11H8ClNO2/c1-7-2-3-8(11(15)4-12)10(6-14)9(7)5-13/h2-3,6H,4H2,1H3. The molecule has 76 valence electrons. The second-order valence-corrected chi connectivity index (χ2v) is 3.27. The zero-order chi connectivity index (χ0) is 11.4. The Hall–Kier alpha value is -1.66. The van der Waals surface area contributed by atoms with Gasteiger partial charge in [0.15, 0.2) is 12.1 Å². The van der Waals surface area contributed by atoms with Crippen LogP contribution in [0.3, 0.4) is 0 Å². The normalized spacial score (nSPS) is 9.40. The quantitative estimate of drug-likeness (QED) is 0.446. The summed E-state index contributed by atoms with van der Waals surface area (Å²) >= 11 is 5.40. The largest absolute Gasteiger partial charge is 0.298 e. The van der Waals surface area contributed by atoms with Crippen molar-refractivity contribution in [1.29, 1.82) is 5.26 Å². The molecular weight excluding hydrogens is 214 g/mol. The van der Waals surface area contributed by atoms with Crippen LogP contribution in [0.4, 0.5) is 0 Å². The van der Waals surface area contributed by atoms with E-state index in [1.54, 1.807) is 13.0 Å². The number of benzene rings is 1.